The molecule has 33 heavy (non-hydrogen) atoms. The van der Waals surface area contributed by atoms with Crippen molar-refractivity contribution in [3.05, 3.63) is 109 Å². The predicted molar refractivity (Wildman–Crippen MR) is 141 cm³/mol. The zero-order valence-corrected chi connectivity index (χ0v) is 18.9. The number of aryl methyl sites for hydroxylation is 1. The first kappa shape index (κ1) is 18.8. The normalized spacial score (nSPS) is 12.5. The maximum Gasteiger partial charge on any atom is 0.145 e. The molecule has 0 radical (unpaired) electrons. The van der Waals surface area contributed by atoms with Gasteiger partial charge in [-0.2, -0.15) is 0 Å². The van der Waals surface area contributed by atoms with E-state index in [-0.39, 0.29) is 0 Å². The van der Waals surface area contributed by atoms with Crippen molar-refractivity contribution in [2.75, 3.05) is 0 Å². The van der Waals surface area contributed by atoms with Gasteiger partial charge in [0.25, 0.3) is 0 Å². The van der Waals surface area contributed by atoms with Crippen LogP contribution in [-0.4, -0.2) is 0 Å². The van der Waals surface area contributed by atoms with Crippen molar-refractivity contribution in [2.45, 2.75) is 11.8 Å². The Morgan fingerprint density at radius 3 is 1.88 bits per heavy atom. The lowest BCUT2D eigenvalue weighted by atomic mass is 9.90. The molecule has 1 aliphatic heterocycles. The summed E-state index contributed by atoms with van der Waals surface area (Å²) in [5.41, 5.74) is 6.16. The van der Waals surface area contributed by atoms with Crippen LogP contribution in [0, 0.1) is 6.92 Å². The van der Waals surface area contributed by atoms with Crippen LogP contribution in [0.3, 0.4) is 0 Å². The van der Waals surface area contributed by atoms with Crippen molar-refractivity contribution >= 4 is 44.4 Å². The average Bonchev–Trinajstić information content (AvgIpc) is 2.88. The first-order chi connectivity index (χ1) is 16.3. The zero-order chi connectivity index (χ0) is 21.9. The van der Waals surface area contributed by atoms with Crippen LogP contribution in [0.5, 0.6) is 5.75 Å². The zero-order valence-electron chi connectivity index (χ0n) is 18.1. The number of hydrogen-bond acceptors (Lipinski definition) is 2. The summed E-state index contributed by atoms with van der Waals surface area (Å²) in [7, 11) is 0. The molecule has 0 spiro atoms. The van der Waals surface area contributed by atoms with Gasteiger partial charge in [-0.05, 0) is 68.1 Å². The second-order valence-corrected chi connectivity index (χ2v) is 9.39. The molecule has 6 aromatic rings. The molecule has 0 N–H and O–H groups in total. The van der Waals surface area contributed by atoms with E-state index in [4.69, 9.17) is 4.18 Å². The van der Waals surface area contributed by atoms with Gasteiger partial charge in [0.1, 0.15) is 5.75 Å². The maximum absolute atomic E-state index is 6.10. The van der Waals surface area contributed by atoms with Gasteiger partial charge in [0.05, 0.1) is 16.9 Å². The van der Waals surface area contributed by atoms with Crippen molar-refractivity contribution in [2.24, 2.45) is 0 Å². The second-order valence-electron chi connectivity index (χ2n) is 8.65. The van der Waals surface area contributed by atoms with Crippen LogP contribution in [0.15, 0.2) is 108 Å². The van der Waals surface area contributed by atoms with Gasteiger partial charge >= 0.3 is 0 Å². The molecule has 156 valence electrons. The van der Waals surface area contributed by atoms with E-state index in [1.165, 1.54) is 77.1 Å². The smallest absolute Gasteiger partial charge is 0.145 e. The molecule has 0 unspecified atom stereocenters. The molecular formula is C31H20OS. The van der Waals surface area contributed by atoms with Gasteiger partial charge in [0, 0.05) is 11.1 Å². The Morgan fingerprint density at radius 1 is 0.545 bits per heavy atom. The topological polar surface area (TPSA) is 9.23 Å². The number of para-hydroxylation sites is 1. The van der Waals surface area contributed by atoms with E-state index in [0.717, 1.165) is 5.75 Å². The summed E-state index contributed by atoms with van der Waals surface area (Å²) in [4.78, 5) is 1.19. The standard InChI is InChI=1S/C31H20OS/c1-19-14-16-21(31-30(19)27-12-6-7-13-29(27)32-33-31)20-15-17-26-24-10-3-2-8-22(24)23-9-4-5-11-25(23)28(26)18-20/h2-18H,1H3. The highest BCUT2D eigenvalue weighted by molar-refractivity contribution is 7.95. The monoisotopic (exact) mass is 440 g/mol. The Hall–Kier alpha value is -3.75. The third kappa shape index (κ3) is 2.74. The van der Waals surface area contributed by atoms with Crippen LogP contribution in [0.1, 0.15) is 5.56 Å². The van der Waals surface area contributed by atoms with E-state index in [9.17, 15) is 0 Å². The van der Waals surface area contributed by atoms with Gasteiger partial charge in [-0.3, -0.25) is 0 Å². The second kappa shape index (κ2) is 7.13. The van der Waals surface area contributed by atoms with Gasteiger partial charge < -0.3 is 4.18 Å². The summed E-state index contributed by atoms with van der Waals surface area (Å²) in [6.07, 6.45) is 0. The van der Waals surface area contributed by atoms with Crippen molar-refractivity contribution in [1.29, 1.82) is 0 Å². The molecule has 7 rings (SSSR count). The minimum atomic E-state index is 0.936. The minimum Gasteiger partial charge on any atom is -0.420 e. The molecule has 6 aromatic carbocycles. The highest BCUT2D eigenvalue weighted by Crippen LogP contribution is 2.49. The summed E-state index contributed by atoms with van der Waals surface area (Å²) >= 11 is 1.48. The van der Waals surface area contributed by atoms with E-state index < -0.39 is 0 Å². The lowest BCUT2D eigenvalue weighted by molar-refractivity contribution is 0.643. The van der Waals surface area contributed by atoms with Gasteiger partial charge in [-0.25, -0.2) is 0 Å². The molecule has 1 aliphatic rings. The Kier molecular flexibility index (Phi) is 4.06. The Balaban J connectivity index is 1.54. The summed E-state index contributed by atoms with van der Waals surface area (Å²) in [5, 5.41) is 7.79. The molecule has 0 aromatic heterocycles. The summed E-state index contributed by atoms with van der Waals surface area (Å²) in [5.74, 6) is 0.936. The quantitative estimate of drug-likeness (QED) is 0.186. The van der Waals surface area contributed by atoms with Crippen molar-refractivity contribution in [1.82, 2.24) is 0 Å². The highest BCUT2D eigenvalue weighted by atomic mass is 32.2. The molecule has 1 heterocycles. The average molecular weight is 441 g/mol. The molecule has 1 nitrogen and oxygen atoms in total. The van der Waals surface area contributed by atoms with Gasteiger partial charge in [0.15, 0.2) is 0 Å². The first-order valence-corrected chi connectivity index (χ1v) is 11.9. The number of fused-ring (bicyclic) bond motifs is 9. The molecular weight excluding hydrogens is 420 g/mol. The van der Waals surface area contributed by atoms with E-state index >= 15 is 0 Å². The SMILES string of the molecule is Cc1ccc(-c2ccc3c4ccccc4c4ccccc4c3c2)c2c1-c1ccccc1OS2. The molecule has 0 saturated carbocycles. The largest absolute Gasteiger partial charge is 0.420 e. The van der Waals surface area contributed by atoms with Crippen LogP contribution in [0.25, 0.3) is 54.6 Å². The molecule has 0 aliphatic carbocycles. The summed E-state index contributed by atoms with van der Waals surface area (Å²) < 4.78 is 6.10. The summed E-state index contributed by atoms with van der Waals surface area (Å²) in [6, 6.07) is 37.2. The van der Waals surface area contributed by atoms with Crippen LogP contribution in [0.2, 0.25) is 0 Å². The lowest BCUT2D eigenvalue weighted by Gasteiger charge is -2.23. The fourth-order valence-electron chi connectivity index (χ4n) is 5.24. The van der Waals surface area contributed by atoms with Crippen LogP contribution in [0.4, 0.5) is 0 Å². The van der Waals surface area contributed by atoms with Crippen LogP contribution < -0.4 is 4.18 Å². The number of rotatable bonds is 1. The van der Waals surface area contributed by atoms with Gasteiger partial charge in [-0.15, -0.1) is 0 Å². The van der Waals surface area contributed by atoms with Crippen LogP contribution in [-0.2, 0) is 0 Å². The molecule has 0 amide bonds. The Bertz CT molecular complexity index is 1700. The Labute approximate surface area is 196 Å². The third-order valence-corrected chi connectivity index (χ3v) is 7.65. The third-order valence-electron chi connectivity index (χ3n) is 6.79. The lowest BCUT2D eigenvalue weighted by Crippen LogP contribution is -2.00. The molecule has 0 fully saturated rings. The fraction of sp³-hybridized carbons (Fsp3) is 0.0323. The predicted octanol–water partition coefficient (Wildman–Crippen LogP) is 9.19. The maximum atomic E-state index is 6.10. The summed E-state index contributed by atoms with van der Waals surface area (Å²) in [6.45, 7) is 2.19. The first-order valence-electron chi connectivity index (χ1n) is 11.2. The number of benzene rings is 6. The molecule has 2 heteroatoms. The van der Waals surface area contributed by atoms with Crippen molar-refractivity contribution in [3.8, 4) is 28.0 Å². The van der Waals surface area contributed by atoms with E-state index in [2.05, 4.69) is 97.9 Å². The molecule has 0 bridgehead atoms. The van der Waals surface area contributed by atoms with E-state index in [0.29, 0.717) is 0 Å². The fourth-order valence-corrected chi connectivity index (χ4v) is 6.19. The van der Waals surface area contributed by atoms with Crippen molar-refractivity contribution in [3.63, 3.8) is 0 Å². The van der Waals surface area contributed by atoms with Crippen molar-refractivity contribution < 1.29 is 4.18 Å². The molecule has 0 saturated heterocycles. The minimum absolute atomic E-state index is 0.936. The molecule has 0 atom stereocenters. The van der Waals surface area contributed by atoms with E-state index in [1.54, 1.807) is 0 Å². The number of hydrogen-bond donors (Lipinski definition) is 0. The van der Waals surface area contributed by atoms with E-state index in [1.807, 2.05) is 12.1 Å². The highest BCUT2D eigenvalue weighted by Gasteiger charge is 2.24. The Morgan fingerprint density at radius 2 is 1.15 bits per heavy atom. The van der Waals surface area contributed by atoms with Gasteiger partial charge in [-0.1, -0.05) is 91.0 Å². The van der Waals surface area contributed by atoms with Gasteiger partial charge in [0.2, 0.25) is 0 Å². The van der Waals surface area contributed by atoms with Crippen LogP contribution >= 0.6 is 12.0 Å².